The Hall–Kier alpha value is -2.53. The van der Waals surface area contributed by atoms with Gasteiger partial charge in [0, 0.05) is 16.3 Å². The standard InChI is InChI=1S/C17H18ClN3O2/c1-11-15(18)7-4-8-16(11)19-10-17(23)21-20-12(2)13-5-3-6-14(22)9-13/h3-9,19,22H,10H2,1-2H3,(H,21,23)/b20-12-. The van der Waals surface area contributed by atoms with Gasteiger partial charge in [0.25, 0.3) is 5.91 Å². The molecule has 0 saturated heterocycles. The number of benzene rings is 2. The molecule has 0 radical (unpaired) electrons. The molecule has 0 aliphatic carbocycles. The fourth-order valence-corrected chi connectivity index (χ4v) is 2.13. The molecule has 2 aromatic carbocycles. The minimum atomic E-state index is -0.274. The van der Waals surface area contributed by atoms with E-state index in [2.05, 4.69) is 15.8 Å². The number of anilines is 1. The number of phenolic OH excluding ortho intramolecular Hbond substituents is 1. The molecule has 0 unspecified atom stereocenters. The lowest BCUT2D eigenvalue weighted by Gasteiger charge is -2.10. The third-order valence-corrected chi connectivity index (χ3v) is 3.73. The molecule has 0 saturated carbocycles. The average molecular weight is 332 g/mol. The van der Waals surface area contributed by atoms with Gasteiger partial charge in [-0.2, -0.15) is 5.10 Å². The number of aromatic hydroxyl groups is 1. The minimum absolute atomic E-state index is 0.0814. The van der Waals surface area contributed by atoms with E-state index in [1.807, 2.05) is 19.1 Å². The molecular formula is C17H18ClN3O2. The molecule has 5 nitrogen and oxygen atoms in total. The molecular weight excluding hydrogens is 314 g/mol. The fraction of sp³-hybridized carbons (Fsp3) is 0.176. The monoisotopic (exact) mass is 331 g/mol. The lowest BCUT2D eigenvalue weighted by atomic mass is 10.1. The summed E-state index contributed by atoms with van der Waals surface area (Å²) in [7, 11) is 0. The molecule has 3 N–H and O–H groups in total. The molecule has 2 rings (SSSR count). The summed E-state index contributed by atoms with van der Waals surface area (Å²) >= 11 is 6.03. The molecule has 0 aliphatic rings. The van der Waals surface area contributed by atoms with Gasteiger partial charge < -0.3 is 10.4 Å². The Labute approximate surface area is 140 Å². The predicted octanol–water partition coefficient (Wildman–Crippen LogP) is 3.31. The van der Waals surface area contributed by atoms with Gasteiger partial charge in [0.2, 0.25) is 0 Å². The third kappa shape index (κ3) is 4.72. The van der Waals surface area contributed by atoms with E-state index in [4.69, 9.17) is 11.6 Å². The predicted molar refractivity (Wildman–Crippen MR) is 93.1 cm³/mol. The van der Waals surface area contributed by atoms with Crippen molar-refractivity contribution in [1.82, 2.24) is 5.43 Å². The summed E-state index contributed by atoms with van der Waals surface area (Å²) in [6, 6.07) is 12.2. The van der Waals surface area contributed by atoms with Crippen molar-refractivity contribution in [3.05, 3.63) is 58.6 Å². The Balaban J connectivity index is 1.92. The topological polar surface area (TPSA) is 73.7 Å². The number of carbonyl (C=O) groups excluding carboxylic acids is 1. The van der Waals surface area contributed by atoms with Crippen LogP contribution in [0.4, 0.5) is 5.69 Å². The molecule has 0 aromatic heterocycles. The van der Waals surface area contributed by atoms with Crippen LogP contribution in [0.5, 0.6) is 5.75 Å². The van der Waals surface area contributed by atoms with Gasteiger partial charge in [0.15, 0.2) is 0 Å². The zero-order chi connectivity index (χ0) is 16.8. The fourth-order valence-electron chi connectivity index (χ4n) is 1.96. The Morgan fingerprint density at radius 3 is 2.74 bits per heavy atom. The first-order chi connectivity index (χ1) is 11.0. The second-order valence-corrected chi connectivity index (χ2v) is 5.46. The van der Waals surface area contributed by atoms with E-state index in [9.17, 15) is 9.90 Å². The smallest absolute Gasteiger partial charge is 0.259 e. The van der Waals surface area contributed by atoms with Crippen LogP contribution < -0.4 is 10.7 Å². The number of amides is 1. The number of phenols is 1. The van der Waals surface area contributed by atoms with Gasteiger partial charge in [-0.05, 0) is 43.7 Å². The molecule has 120 valence electrons. The maximum atomic E-state index is 11.9. The van der Waals surface area contributed by atoms with Crippen molar-refractivity contribution in [2.24, 2.45) is 5.10 Å². The van der Waals surface area contributed by atoms with Crippen LogP contribution in [-0.2, 0) is 4.79 Å². The summed E-state index contributed by atoms with van der Waals surface area (Å²) in [5.41, 5.74) is 5.52. The van der Waals surface area contributed by atoms with Crippen LogP contribution in [0.25, 0.3) is 0 Å². The summed E-state index contributed by atoms with van der Waals surface area (Å²) < 4.78 is 0. The van der Waals surface area contributed by atoms with Gasteiger partial charge in [0.1, 0.15) is 5.75 Å². The Morgan fingerprint density at radius 1 is 1.26 bits per heavy atom. The highest BCUT2D eigenvalue weighted by Crippen LogP contribution is 2.22. The SMILES string of the molecule is C/C(=N/NC(=O)CNc1cccc(Cl)c1C)c1cccc(O)c1. The third-order valence-electron chi connectivity index (χ3n) is 3.32. The molecule has 0 bridgehead atoms. The van der Waals surface area contributed by atoms with Crippen LogP contribution in [0.3, 0.4) is 0 Å². The molecule has 1 amide bonds. The van der Waals surface area contributed by atoms with E-state index in [1.165, 1.54) is 0 Å². The number of hydrogen-bond donors (Lipinski definition) is 3. The summed E-state index contributed by atoms with van der Waals surface area (Å²) in [6.07, 6.45) is 0. The zero-order valence-electron chi connectivity index (χ0n) is 12.9. The van der Waals surface area contributed by atoms with E-state index in [1.54, 1.807) is 37.3 Å². The van der Waals surface area contributed by atoms with Crippen molar-refractivity contribution in [3.63, 3.8) is 0 Å². The van der Waals surface area contributed by atoms with Crippen LogP contribution in [0, 0.1) is 6.92 Å². The number of hydrazone groups is 1. The van der Waals surface area contributed by atoms with E-state index in [0.29, 0.717) is 10.7 Å². The van der Waals surface area contributed by atoms with Crippen molar-refractivity contribution in [2.45, 2.75) is 13.8 Å². The van der Waals surface area contributed by atoms with Crippen LogP contribution in [0.15, 0.2) is 47.6 Å². The lowest BCUT2D eigenvalue weighted by molar-refractivity contribution is -0.119. The van der Waals surface area contributed by atoms with Crippen LogP contribution in [0.2, 0.25) is 5.02 Å². The number of halogens is 1. The molecule has 0 fully saturated rings. The summed E-state index contributed by atoms with van der Waals surface area (Å²) in [4.78, 5) is 11.9. The van der Waals surface area contributed by atoms with E-state index >= 15 is 0 Å². The molecule has 2 aromatic rings. The maximum Gasteiger partial charge on any atom is 0.259 e. The highest BCUT2D eigenvalue weighted by molar-refractivity contribution is 6.31. The Morgan fingerprint density at radius 2 is 2.00 bits per heavy atom. The molecule has 0 heterocycles. The molecule has 0 aliphatic heterocycles. The molecule has 23 heavy (non-hydrogen) atoms. The first-order valence-corrected chi connectivity index (χ1v) is 7.46. The van der Waals surface area contributed by atoms with Gasteiger partial charge in [-0.1, -0.05) is 29.8 Å². The molecule has 6 heteroatoms. The van der Waals surface area contributed by atoms with Crippen molar-refractivity contribution < 1.29 is 9.90 Å². The minimum Gasteiger partial charge on any atom is -0.508 e. The normalized spacial score (nSPS) is 11.2. The summed E-state index contributed by atoms with van der Waals surface area (Å²) in [6.45, 7) is 3.72. The molecule has 0 spiro atoms. The molecule has 0 atom stereocenters. The van der Waals surface area contributed by atoms with Crippen LogP contribution in [-0.4, -0.2) is 23.3 Å². The Kier molecular flexibility index (Phi) is 5.60. The van der Waals surface area contributed by atoms with Gasteiger partial charge in [-0.3, -0.25) is 4.79 Å². The number of rotatable bonds is 5. The first kappa shape index (κ1) is 16.8. The van der Waals surface area contributed by atoms with E-state index in [0.717, 1.165) is 16.8 Å². The van der Waals surface area contributed by atoms with Crippen molar-refractivity contribution >= 4 is 28.9 Å². The van der Waals surface area contributed by atoms with Gasteiger partial charge in [-0.15, -0.1) is 0 Å². The highest BCUT2D eigenvalue weighted by atomic mass is 35.5. The second-order valence-electron chi connectivity index (χ2n) is 5.05. The summed E-state index contributed by atoms with van der Waals surface area (Å²) in [5, 5.41) is 17.1. The van der Waals surface area contributed by atoms with E-state index in [-0.39, 0.29) is 18.2 Å². The van der Waals surface area contributed by atoms with Crippen LogP contribution in [0.1, 0.15) is 18.1 Å². The number of nitrogens with one attached hydrogen (secondary N) is 2. The zero-order valence-corrected chi connectivity index (χ0v) is 13.7. The van der Waals surface area contributed by atoms with Crippen molar-refractivity contribution in [1.29, 1.82) is 0 Å². The van der Waals surface area contributed by atoms with Crippen molar-refractivity contribution in [3.8, 4) is 5.75 Å². The number of hydrogen-bond acceptors (Lipinski definition) is 4. The van der Waals surface area contributed by atoms with E-state index < -0.39 is 0 Å². The van der Waals surface area contributed by atoms with Gasteiger partial charge in [0.05, 0.1) is 12.3 Å². The van der Waals surface area contributed by atoms with Crippen molar-refractivity contribution in [2.75, 3.05) is 11.9 Å². The maximum absolute atomic E-state index is 11.9. The average Bonchev–Trinajstić information content (AvgIpc) is 2.54. The largest absolute Gasteiger partial charge is 0.508 e. The highest BCUT2D eigenvalue weighted by Gasteiger charge is 2.05. The van der Waals surface area contributed by atoms with Crippen LogP contribution >= 0.6 is 11.6 Å². The quantitative estimate of drug-likeness (QED) is 0.581. The van der Waals surface area contributed by atoms with Gasteiger partial charge in [-0.25, -0.2) is 5.43 Å². The van der Waals surface area contributed by atoms with Gasteiger partial charge >= 0.3 is 0 Å². The Bertz CT molecular complexity index is 744. The number of carbonyl (C=O) groups is 1. The summed E-state index contributed by atoms with van der Waals surface area (Å²) in [5.74, 6) is -0.120. The first-order valence-electron chi connectivity index (χ1n) is 7.09. The lowest BCUT2D eigenvalue weighted by Crippen LogP contribution is -2.27. The second kappa shape index (κ2) is 7.65. The number of nitrogens with zero attached hydrogens (tertiary/aromatic N) is 1.